The lowest BCUT2D eigenvalue weighted by Gasteiger charge is -2.54. The molecule has 1 aromatic heterocycles. The van der Waals surface area contributed by atoms with E-state index in [9.17, 15) is 4.79 Å². The highest BCUT2D eigenvalue weighted by molar-refractivity contribution is 5.96. The maximum absolute atomic E-state index is 12.9. The van der Waals surface area contributed by atoms with Gasteiger partial charge in [0.1, 0.15) is 5.56 Å². The van der Waals surface area contributed by atoms with Gasteiger partial charge in [-0.1, -0.05) is 13.8 Å². The van der Waals surface area contributed by atoms with Gasteiger partial charge in [0.05, 0.1) is 12.8 Å². The van der Waals surface area contributed by atoms with E-state index >= 15 is 0 Å². The highest BCUT2D eigenvalue weighted by atomic mass is 16.5. The monoisotopic (exact) mass is 331 g/mol. The van der Waals surface area contributed by atoms with Gasteiger partial charge in [-0.05, 0) is 61.7 Å². The maximum Gasteiger partial charge on any atom is 0.258 e. The van der Waals surface area contributed by atoms with E-state index in [1.165, 1.54) is 32.1 Å². The summed E-state index contributed by atoms with van der Waals surface area (Å²) < 4.78 is 7.50. The molecule has 4 fully saturated rings. The van der Waals surface area contributed by atoms with Gasteiger partial charge in [-0.2, -0.15) is 5.10 Å². The van der Waals surface area contributed by atoms with E-state index in [4.69, 9.17) is 4.74 Å². The lowest BCUT2D eigenvalue weighted by Crippen LogP contribution is -2.55. The van der Waals surface area contributed by atoms with Gasteiger partial charge in [-0.15, -0.1) is 0 Å². The number of ether oxygens (including phenoxy) is 1. The molecule has 4 aliphatic rings. The van der Waals surface area contributed by atoms with Crippen molar-refractivity contribution < 1.29 is 9.53 Å². The van der Waals surface area contributed by atoms with Crippen molar-refractivity contribution in [2.45, 2.75) is 52.0 Å². The molecule has 0 atom stereocenters. The molecule has 5 nitrogen and oxygen atoms in total. The first-order valence-corrected chi connectivity index (χ1v) is 9.47. The van der Waals surface area contributed by atoms with Crippen LogP contribution in [0.25, 0.3) is 0 Å². The summed E-state index contributed by atoms with van der Waals surface area (Å²) >= 11 is 0. The van der Waals surface area contributed by atoms with Crippen LogP contribution < -0.4 is 10.1 Å². The Morgan fingerprint density at radius 3 is 2.46 bits per heavy atom. The van der Waals surface area contributed by atoms with Crippen LogP contribution in [0.1, 0.15) is 56.3 Å². The van der Waals surface area contributed by atoms with E-state index in [1.807, 2.05) is 7.05 Å². The quantitative estimate of drug-likeness (QED) is 0.902. The minimum absolute atomic E-state index is 0.0145. The third-order valence-electron chi connectivity index (χ3n) is 6.21. The molecule has 4 bridgehead atoms. The second kappa shape index (κ2) is 6.08. The van der Waals surface area contributed by atoms with Crippen LogP contribution in [0.5, 0.6) is 5.88 Å². The van der Waals surface area contributed by atoms with Crippen molar-refractivity contribution in [3.63, 3.8) is 0 Å². The molecule has 0 radical (unpaired) electrons. The third-order valence-corrected chi connectivity index (χ3v) is 6.21. The highest BCUT2D eigenvalue weighted by Crippen LogP contribution is 2.53. The molecule has 0 aliphatic heterocycles. The molecule has 1 N–H and O–H groups in total. The Morgan fingerprint density at radius 1 is 1.25 bits per heavy atom. The van der Waals surface area contributed by atoms with Crippen LogP contribution in [0.15, 0.2) is 6.20 Å². The zero-order valence-electron chi connectivity index (χ0n) is 15.0. The second-order valence-corrected chi connectivity index (χ2v) is 8.62. The fourth-order valence-corrected chi connectivity index (χ4v) is 5.39. The van der Waals surface area contributed by atoms with Gasteiger partial charge in [0.2, 0.25) is 5.88 Å². The van der Waals surface area contributed by atoms with E-state index < -0.39 is 0 Å². The molecule has 1 heterocycles. The van der Waals surface area contributed by atoms with Crippen LogP contribution >= 0.6 is 0 Å². The Kier molecular flexibility index (Phi) is 4.05. The molecule has 1 aromatic rings. The lowest BCUT2D eigenvalue weighted by atomic mass is 9.54. The zero-order valence-corrected chi connectivity index (χ0v) is 15.0. The first-order valence-electron chi connectivity index (χ1n) is 9.47. The predicted octanol–water partition coefficient (Wildman–Crippen LogP) is 3.01. The van der Waals surface area contributed by atoms with Crippen LogP contribution in [-0.2, 0) is 7.05 Å². The number of hydrogen-bond acceptors (Lipinski definition) is 3. The molecule has 4 aliphatic carbocycles. The average molecular weight is 331 g/mol. The van der Waals surface area contributed by atoms with Gasteiger partial charge in [-0.3, -0.25) is 4.79 Å². The van der Waals surface area contributed by atoms with Crippen molar-refractivity contribution in [1.29, 1.82) is 0 Å². The fourth-order valence-electron chi connectivity index (χ4n) is 5.39. The summed E-state index contributed by atoms with van der Waals surface area (Å²) in [7, 11) is 1.83. The van der Waals surface area contributed by atoms with Gasteiger partial charge in [-0.25, -0.2) is 4.68 Å². The van der Waals surface area contributed by atoms with Gasteiger partial charge in [0, 0.05) is 13.1 Å². The molecule has 4 saturated carbocycles. The van der Waals surface area contributed by atoms with Crippen LogP contribution in [-0.4, -0.2) is 28.3 Å². The second-order valence-electron chi connectivity index (χ2n) is 8.62. The van der Waals surface area contributed by atoms with Crippen LogP contribution in [0.4, 0.5) is 0 Å². The van der Waals surface area contributed by atoms with Crippen molar-refractivity contribution in [2.24, 2.45) is 36.6 Å². The molecule has 0 unspecified atom stereocenters. The summed E-state index contributed by atoms with van der Waals surface area (Å²) in [6.07, 6.45) is 8.30. The zero-order chi connectivity index (χ0) is 16.8. The normalized spacial score (nSPS) is 33.9. The van der Waals surface area contributed by atoms with Gasteiger partial charge in [0.15, 0.2) is 0 Å². The maximum atomic E-state index is 12.9. The smallest absolute Gasteiger partial charge is 0.258 e. The number of rotatable bonds is 5. The van der Waals surface area contributed by atoms with Crippen LogP contribution in [0, 0.1) is 29.6 Å². The summed E-state index contributed by atoms with van der Waals surface area (Å²) in [4.78, 5) is 12.9. The number of amides is 1. The lowest BCUT2D eigenvalue weighted by molar-refractivity contribution is -0.0120. The van der Waals surface area contributed by atoms with Crippen molar-refractivity contribution >= 4 is 5.91 Å². The molecule has 5 rings (SSSR count). The third kappa shape index (κ3) is 2.82. The molecule has 0 spiro atoms. The molecule has 1 amide bonds. The standard InChI is InChI=1S/C19H29N3O2/c1-11(2)10-24-19-16(9-20-22(19)3)18(23)21-17-14-5-12-4-13(7-14)8-15(17)6-12/h9,11-15,17H,4-8,10H2,1-3H3,(H,21,23). The number of hydrogen-bond donors (Lipinski definition) is 1. The number of aromatic nitrogens is 2. The Labute approximate surface area is 144 Å². The number of nitrogens with one attached hydrogen (secondary N) is 1. The van der Waals surface area contributed by atoms with Crippen LogP contribution in [0.3, 0.4) is 0 Å². The van der Waals surface area contributed by atoms with E-state index in [0.717, 1.165) is 11.8 Å². The van der Waals surface area contributed by atoms with Crippen LogP contribution in [0.2, 0.25) is 0 Å². The number of aryl methyl sites for hydroxylation is 1. The Hall–Kier alpha value is -1.52. The Bertz CT molecular complexity index is 594. The highest BCUT2D eigenvalue weighted by Gasteiger charge is 2.48. The van der Waals surface area contributed by atoms with Crippen molar-refractivity contribution in [2.75, 3.05) is 6.61 Å². The molecule has 132 valence electrons. The number of nitrogens with zero attached hydrogens (tertiary/aromatic N) is 2. The summed E-state index contributed by atoms with van der Waals surface area (Å²) in [5, 5.41) is 7.58. The molecule has 0 aromatic carbocycles. The molecule has 24 heavy (non-hydrogen) atoms. The first kappa shape index (κ1) is 16.0. The molecular formula is C19H29N3O2. The SMILES string of the molecule is CC(C)COc1c(C(=O)NC2C3CC4CC(C3)CC2C4)cnn1C. The summed E-state index contributed by atoms with van der Waals surface area (Å²) in [6, 6.07) is 0.350. The van der Waals surface area contributed by atoms with E-state index in [-0.39, 0.29) is 5.91 Å². The Balaban J connectivity index is 1.47. The minimum atomic E-state index is -0.0145. The van der Waals surface area contributed by atoms with E-state index in [2.05, 4.69) is 24.3 Å². The largest absolute Gasteiger partial charge is 0.477 e. The Morgan fingerprint density at radius 2 is 1.88 bits per heavy atom. The van der Waals surface area contributed by atoms with Crippen molar-refractivity contribution in [1.82, 2.24) is 15.1 Å². The fraction of sp³-hybridized carbons (Fsp3) is 0.789. The summed E-state index contributed by atoms with van der Waals surface area (Å²) in [6.45, 7) is 4.80. The number of carbonyl (C=O) groups excluding carboxylic acids is 1. The van der Waals surface area contributed by atoms with E-state index in [0.29, 0.717) is 41.8 Å². The van der Waals surface area contributed by atoms with E-state index in [1.54, 1.807) is 10.9 Å². The predicted molar refractivity (Wildman–Crippen MR) is 91.8 cm³/mol. The summed E-state index contributed by atoms with van der Waals surface area (Å²) in [5.74, 6) is 4.20. The van der Waals surface area contributed by atoms with Gasteiger partial charge in [0.25, 0.3) is 5.91 Å². The molecular weight excluding hydrogens is 302 g/mol. The van der Waals surface area contributed by atoms with Gasteiger partial charge >= 0.3 is 0 Å². The first-order chi connectivity index (χ1) is 11.5. The number of carbonyl (C=O) groups is 1. The van der Waals surface area contributed by atoms with Crippen molar-refractivity contribution in [3.8, 4) is 5.88 Å². The molecule has 0 saturated heterocycles. The summed E-state index contributed by atoms with van der Waals surface area (Å²) in [5.41, 5.74) is 0.576. The average Bonchev–Trinajstić information content (AvgIpc) is 2.89. The van der Waals surface area contributed by atoms with Crippen molar-refractivity contribution in [3.05, 3.63) is 11.8 Å². The molecule has 5 heteroatoms. The van der Waals surface area contributed by atoms with Gasteiger partial charge < -0.3 is 10.1 Å². The topological polar surface area (TPSA) is 56.1 Å². The minimum Gasteiger partial charge on any atom is -0.477 e.